The van der Waals surface area contributed by atoms with Crippen LogP contribution in [0.5, 0.6) is 0 Å². The lowest BCUT2D eigenvalue weighted by atomic mass is 9.94. The Kier molecular flexibility index (Phi) is 7.04. The van der Waals surface area contributed by atoms with Crippen LogP contribution in [0.2, 0.25) is 0 Å². The Balaban J connectivity index is 1.43. The second kappa shape index (κ2) is 10.4. The first kappa shape index (κ1) is 25.0. The van der Waals surface area contributed by atoms with Crippen LogP contribution in [0.25, 0.3) is 27.9 Å². The highest BCUT2D eigenvalue weighted by molar-refractivity contribution is 5.97. The highest BCUT2D eigenvalue weighted by atomic mass is 16.6. The van der Waals surface area contributed by atoms with Crippen molar-refractivity contribution in [3.8, 4) is 11.3 Å². The van der Waals surface area contributed by atoms with E-state index >= 15 is 0 Å². The lowest BCUT2D eigenvalue weighted by Crippen LogP contribution is -2.33. The Morgan fingerprint density at radius 3 is 2.81 bits per heavy atom. The van der Waals surface area contributed by atoms with Crippen molar-refractivity contribution in [2.24, 2.45) is 0 Å². The molecule has 0 radical (unpaired) electrons. The monoisotopic (exact) mass is 503 g/mol. The molecule has 1 fully saturated rings. The predicted octanol–water partition coefficient (Wildman–Crippen LogP) is 4.99. The maximum atomic E-state index is 13.2. The molecule has 0 saturated carbocycles. The van der Waals surface area contributed by atoms with E-state index in [-0.39, 0.29) is 18.6 Å². The molecule has 0 aliphatic carbocycles. The average Bonchev–Trinajstić information content (AvgIpc) is 3.27. The summed E-state index contributed by atoms with van der Waals surface area (Å²) in [6, 6.07) is 16.0. The Labute approximate surface area is 216 Å². The van der Waals surface area contributed by atoms with E-state index in [0.717, 1.165) is 51.9 Å². The summed E-state index contributed by atoms with van der Waals surface area (Å²) in [6.45, 7) is 8.25. The lowest BCUT2D eigenvalue weighted by Gasteiger charge is -2.24. The SMILES string of the molecule is CC(C)(C)OC(=O)n1c(-c2ccc3c(c2)CCN/C3=C\C(=N)OCC2COCCO2)cc2ccccc21. The van der Waals surface area contributed by atoms with Gasteiger partial charge >= 0.3 is 6.09 Å². The Morgan fingerprint density at radius 2 is 2.03 bits per heavy atom. The second-order valence-electron chi connectivity index (χ2n) is 10.3. The molecule has 0 spiro atoms. The summed E-state index contributed by atoms with van der Waals surface area (Å²) in [4.78, 5) is 13.2. The van der Waals surface area contributed by atoms with E-state index in [1.54, 1.807) is 10.6 Å². The van der Waals surface area contributed by atoms with E-state index in [9.17, 15) is 4.79 Å². The van der Waals surface area contributed by atoms with Crippen molar-refractivity contribution in [2.75, 3.05) is 33.0 Å². The fourth-order valence-electron chi connectivity index (χ4n) is 4.64. The van der Waals surface area contributed by atoms with E-state index in [1.165, 1.54) is 0 Å². The number of carbonyl (C=O) groups is 1. The van der Waals surface area contributed by atoms with Gasteiger partial charge in [-0.2, -0.15) is 0 Å². The molecule has 1 saturated heterocycles. The topological polar surface area (TPSA) is 94.8 Å². The minimum Gasteiger partial charge on any atom is -0.475 e. The maximum absolute atomic E-state index is 13.2. The molecule has 1 aromatic heterocycles. The zero-order chi connectivity index (χ0) is 26.0. The summed E-state index contributed by atoms with van der Waals surface area (Å²) >= 11 is 0. The number of nitrogens with zero attached hydrogens (tertiary/aromatic N) is 1. The molecule has 1 unspecified atom stereocenters. The van der Waals surface area contributed by atoms with E-state index in [0.29, 0.717) is 19.8 Å². The largest absolute Gasteiger partial charge is 0.475 e. The van der Waals surface area contributed by atoms with Gasteiger partial charge in [-0.25, -0.2) is 9.36 Å². The molecule has 0 bridgehead atoms. The van der Waals surface area contributed by atoms with Crippen LogP contribution in [-0.4, -0.2) is 61.2 Å². The summed E-state index contributed by atoms with van der Waals surface area (Å²) in [5, 5.41) is 12.6. The van der Waals surface area contributed by atoms with Crippen molar-refractivity contribution in [3.05, 3.63) is 65.7 Å². The first-order valence-electron chi connectivity index (χ1n) is 12.6. The van der Waals surface area contributed by atoms with Crippen LogP contribution < -0.4 is 5.32 Å². The molecule has 37 heavy (non-hydrogen) atoms. The zero-order valence-corrected chi connectivity index (χ0v) is 21.5. The third kappa shape index (κ3) is 5.70. The summed E-state index contributed by atoms with van der Waals surface area (Å²) in [5.41, 5.74) is 4.91. The van der Waals surface area contributed by atoms with Gasteiger partial charge in [0.25, 0.3) is 0 Å². The van der Waals surface area contributed by atoms with Gasteiger partial charge in [-0.1, -0.05) is 30.3 Å². The van der Waals surface area contributed by atoms with Crippen molar-refractivity contribution >= 4 is 28.6 Å². The van der Waals surface area contributed by atoms with E-state index < -0.39 is 11.7 Å². The van der Waals surface area contributed by atoms with Gasteiger partial charge in [0.15, 0.2) is 0 Å². The van der Waals surface area contributed by atoms with Crippen molar-refractivity contribution in [1.29, 1.82) is 5.41 Å². The Bertz CT molecular complexity index is 1350. The summed E-state index contributed by atoms with van der Waals surface area (Å²) in [7, 11) is 0. The van der Waals surface area contributed by atoms with Gasteiger partial charge in [0.05, 0.1) is 31.0 Å². The highest BCUT2D eigenvalue weighted by Gasteiger charge is 2.24. The second-order valence-corrected chi connectivity index (χ2v) is 10.3. The number of carbonyl (C=O) groups excluding carboxylic acids is 1. The minimum absolute atomic E-state index is 0.0682. The number of hydrogen-bond donors (Lipinski definition) is 2. The van der Waals surface area contributed by atoms with Crippen LogP contribution in [0.15, 0.2) is 54.6 Å². The van der Waals surface area contributed by atoms with E-state index in [1.807, 2.05) is 63.2 Å². The van der Waals surface area contributed by atoms with Crippen molar-refractivity contribution in [3.63, 3.8) is 0 Å². The standard InChI is InChI=1S/C29H33N3O5/c1-29(2,3)37-28(33)32-25-7-5-4-6-20(25)15-26(32)21-8-9-23-19(14-21)10-11-31-24(23)16-27(30)36-18-22-17-34-12-13-35-22/h4-9,14-16,22,30-31H,10-13,17-18H2,1-3H3/b24-16-,30-27?. The van der Waals surface area contributed by atoms with Crippen LogP contribution in [0.4, 0.5) is 4.79 Å². The van der Waals surface area contributed by atoms with Gasteiger partial charge in [-0.05, 0) is 56.5 Å². The molecule has 2 N–H and O–H groups in total. The molecule has 5 rings (SSSR count). The van der Waals surface area contributed by atoms with Crippen LogP contribution in [0.3, 0.4) is 0 Å². The third-order valence-corrected chi connectivity index (χ3v) is 6.27. The zero-order valence-electron chi connectivity index (χ0n) is 21.5. The molecule has 3 aromatic rings. The normalized spacial score (nSPS) is 18.8. The van der Waals surface area contributed by atoms with Gasteiger partial charge in [0.1, 0.15) is 18.3 Å². The molecule has 0 amide bonds. The molecule has 2 aliphatic rings. The number of fused-ring (bicyclic) bond motifs is 2. The van der Waals surface area contributed by atoms with Crippen LogP contribution in [0.1, 0.15) is 31.9 Å². The number of benzene rings is 2. The number of rotatable bonds is 4. The number of aromatic nitrogens is 1. The summed E-state index contributed by atoms with van der Waals surface area (Å²) in [5.74, 6) is 0.0682. The first-order valence-corrected chi connectivity index (χ1v) is 12.6. The van der Waals surface area contributed by atoms with E-state index in [2.05, 4.69) is 11.4 Å². The lowest BCUT2D eigenvalue weighted by molar-refractivity contribution is -0.103. The highest BCUT2D eigenvalue weighted by Crippen LogP contribution is 2.33. The smallest absolute Gasteiger partial charge is 0.419 e. The van der Waals surface area contributed by atoms with Gasteiger partial charge in [-0.15, -0.1) is 0 Å². The van der Waals surface area contributed by atoms with Crippen molar-refractivity contribution in [1.82, 2.24) is 9.88 Å². The van der Waals surface area contributed by atoms with Crippen molar-refractivity contribution < 1.29 is 23.7 Å². The predicted molar refractivity (Wildman–Crippen MR) is 143 cm³/mol. The van der Waals surface area contributed by atoms with Gasteiger partial charge in [0, 0.05) is 29.3 Å². The molecular weight excluding hydrogens is 470 g/mol. The fraction of sp³-hybridized carbons (Fsp3) is 0.379. The van der Waals surface area contributed by atoms with Gasteiger partial charge in [-0.3, -0.25) is 5.41 Å². The molecular formula is C29H33N3O5. The Hall–Kier alpha value is -3.62. The number of nitrogens with one attached hydrogen (secondary N) is 2. The quantitative estimate of drug-likeness (QED) is 0.385. The van der Waals surface area contributed by atoms with Crippen molar-refractivity contribution in [2.45, 2.75) is 38.9 Å². The summed E-state index contributed by atoms with van der Waals surface area (Å²) < 4.78 is 24.0. The number of para-hydroxylation sites is 1. The van der Waals surface area contributed by atoms with Gasteiger partial charge in [0.2, 0.25) is 5.90 Å². The maximum Gasteiger partial charge on any atom is 0.419 e. The molecule has 194 valence electrons. The van der Waals surface area contributed by atoms with Crippen LogP contribution in [-0.2, 0) is 25.4 Å². The fourth-order valence-corrected chi connectivity index (χ4v) is 4.64. The average molecular weight is 504 g/mol. The molecule has 1 atom stereocenters. The molecule has 2 aromatic carbocycles. The Morgan fingerprint density at radius 1 is 1.19 bits per heavy atom. The molecule has 2 aliphatic heterocycles. The number of hydrogen-bond acceptors (Lipinski definition) is 7. The third-order valence-electron chi connectivity index (χ3n) is 6.27. The molecule has 3 heterocycles. The van der Waals surface area contributed by atoms with Crippen LogP contribution in [0, 0.1) is 5.41 Å². The molecule has 8 nitrogen and oxygen atoms in total. The minimum atomic E-state index is -0.608. The van der Waals surface area contributed by atoms with Gasteiger partial charge < -0.3 is 24.3 Å². The van der Waals surface area contributed by atoms with E-state index in [4.69, 9.17) is 24.4 Å². The first-order chi connectivity index (χ1) is 17.8. The molecule has 8 heteroatoms. The summed E-state index contributed by atoms with van der Waals surface area (Å²) in [6.07, 6.45) is 1.98. The number of ether oxygens (including phenoxy) is 4. The van der Waals surface area contributed by atoms with Crippen LogP contribution >= 0.6 is 0 Å².